The summed E-state index contributed by atoms with van der Waals surface area (Å²) in [6.45, 7) is 5.88. The molecule has 1 N–H and O–H groups in total. The average Bonchev–Trinajstić information content (AvgIpc) is 3.61. The van der Waals surface area contributed by atoms with Crippen LogP contribution >= 0.6 is 0 Å². The molecule has 1 aliphatic rings. The van der Waals surface area contributed by atoms with Crippen LogP contribution in [0.25, 0.3) is 0 Å². The van der Waals surface area contributed by atoms with Crippen molar-refractivity contribution in [2.45, 2.75) is 58.3 Å². The number of nitrogens with zero attached hydrogens (tertiary/aromatic N) is 3. The average molecular weight is 555 g/mol. The predicted octanol–water partition coefficient (Wildman–Crippen LogP) is 2.46. The Hall–Kier alpha value is -4.17. The number of alkyl carbamates (subject to hydrolysis) is 1. The third-order valence-corrected chi connectivity index (χ3v) is 6.27. The SMILES string of the molecule is CCN(CC)C(=O)[C@@H]1C(c2ccccc2)[C@@H]1CNC(=O)OC(C)OC(=O)CCC[C@@H](CO[N+](=O)[O-])O[N+](=O)[O-]. The minimum absolute atomic E-state index is 0.0336. The first-order valence-electron chi connectivity index (χ1n) is 12.6. The van der Waals surface area contributed by atoms with Crippen molar-refractivity contribution < 1.29 is 43.7 Å². The van der Waals surface area contributed by atoms with E-state index < -0.39 is 41.2 Å². The summed E-state index contributed by atoms with van der Waals surface area (Å²) in [7, 11) is 0. The van der Waals surface area contributed by atoms with Crippen molar-refractivity contribution in [3.05, 3.63) is 56.1 Å². The van der Waals surface area contributed by atoms with E-state index in [1.165, 1.54) is 6.92 Å². The molecule has 1 aromatic rings. The van der Waals surface area contributed by atoms with Crippen molar-refractivity contribution in [3.63, 3.8) is 0 Å². The molecule has 1 aromatic carbocycles. The van der Waals surface area contributed by atoms with Crippen molar-refractivity contribution in [2.75, 3.05) is 26.2 Å². The summed E-state index contributed by atoms with van der Waals surface area (Å²) in [6.07, 6.45) is -3.53. The summed E-state index contributed by atoms with van der Waals surface area (Å²) < 4.78 is 10.1. The molecule has 2 amide bonds. The molecule has 5 atom stereocenters. The smallest absolute Gasteiger partial charge is 0.410 e. The zero-order chi connectivity index (χ0) is 28.9. The molecular weight excluding hydrogens is 520 g/mol. The Morgan fingerprint density at radius 3 is 2.31 bits per heavy atom. The quantitative estimate of drug-likeness (QED) is 0.129. The Kier molecular flexibility index (Phi) is 12.2. The van der Waals surface area contributed by atoms with Crippen LogP contribution in [0, 0.1) is 32.1 Å². The lowest BCUT2D eigenvalue weighted by atomic mass is 10.1. The summed E-state index contributed by atoms with van der Waals surface area (Å²) in [6, 6.07) is 9.60. The maximum absolute atomic E-state index is 13.0. The van der Waals surface area contributed by atoms with Gasteiger partial charge in [0.05, 0.1) is 5.92 Å². The minimum Gasteiger partial charge on any atom is -0.425 e. The molecule has 0 radical (unpaired) electrons. The number of esters is 1. The fraction of sp³-hybridized carbons (Fsp3) is 0.625. The monoisotopic (exact) mass is 554 g/mol. The lowest BCUT2D eigenvalue weighted by molar-refractivity contribution is -0.790. The van der Waals surface area contributed by atoms with Crippen LogP contribution in [-0.2, 0) is 28.7 Å². The van der Waals surface area contributed by atoms with Crippen LogP contribution in [0.2, 0.25) is 0 Å². The van der Waals surface area contributed by atoms with E-state index in [4.69, 9.17) is 9.47 Å². The van der Waals surface area contributed by atoms with E-state index in [1.807, 2.05) is 44.2 Å². The molecule has 1 saturated carbocycles. The Balaban J connectivity index is 1.79. The molecule has 39 heavy (non-hydrogen) atoms. The van der Waals surface area contributed by atoms with Crippen LogP contribution in [0.3, 0.4) is 0 Å². The molecule has 2 rings (SSSR count). The van der Waals surface area contributed by atoms with Crippen LogP contribution in [0.1, 0.15) is 51.5 Å². The molecular formula is C24H34N4O11. The number of hydrogen-bond acceptors (Lipinski definition) is 11. The van der Waals surface area contributed by atoms with E-state index in [9.17, 15) is 34.6 Å². The Labute approximate surface area is 224 Å². The lowest BCUT2D eigenvalue weighted by Gasteiger charge is -2.19. The molecule has 0 spiro atoms. The Bertz CT molecular complexity index is 990. The van der Waals surface area contributed by atoms with Gasteiger partial charge in [0, 0.05) is 38.9 Å². The van der Waals surface area contributed by atoms with E-state index >= 15 is 0 Å². The van der Waals surface area contributed by atoms with Gasteiger partial charge >= 0.3 is 12.1 Å². The van der Waals surface area contributed by atoms with Crippen LogP contribution in [0.4, 0.5) is 4.79 Å². The third-order valence-electron chi connectivity index (χ3n) is 6.27. The van der Waals surface area contributed by atoms with Crippen molar-refractivity contribution >= 4 is 18.0 Å². The highest BCUT2D eigenvalue weighted by molar-refractivity contribution is 5.84. The van der Waals surface area contributed by atoms with E-state index in [0.29, 0.717) is 13.1 Å². The zero-order valence-corrected chi connectivity index (χ0v) is 22.1. The second kappa shape index (κ2) is 15.3. The fourth-order valence-corrected chi connectivity index (χ4v) is 4.41. The fourth-order valence-electron chi connectivity index (χ4n) is 4.41. The predicted molar refractivity (Wildman–Crippen MR) is 133 cm³/mol. The van der Waals surface area contributed by atoms with Crippen LogP contribution in [-0.4, -0.2) is 71.7 Å². The summed E-state index contributed by atoms with van der Waals surface area (Å²) >= 11 is 0. The van der Waals surface area contributed by atoms with Gasteiger partial charge in [-0.1, -0.05) is 30.3 Å². The number of carbonyl (C=O) groups excluding carboxylic acids is 3. The van der Waals surface area contributed by atoms with E-state index in [0.717, 1.165) is 5.56 Å². The van der Waals surface area contributed by atoms with Crippen LogP contribution < -0.4 is 5.32 Å². The molecule has 0 aliphatic heterocycles. The van der Waals surface area contributed by atoms with Crippen LogP contribution in [0.15, 0.2) is 30.3 Å². The number of ether oxygens (including phenoxy) is 2. The summed E-state index contributed by atoms with van der Waals surface area (Å²) in [5, 5.41) is 21.2. The zero-order valence-electron chi connectivity index (χ0n) is 22.1. The van der Waals surface area contributed by atoms with Gasteiger partial charge in [-0.2, -0.15) is 0 Å². The van der Waals surface area contributed by atoms with E-state index in [2.05, 4.69) is 15.0 Å². The topological polar surface area (TPSA) is 190 Å². The molecule has 2 unspecified atom stereocenters. The number of benzene rings is 1. The lowest BCUT2D eigenvalue weighted by Crippen LogP contribution is -2.34. The van der Waals surface area contributed by atoms with Crippen molar-refractivity contribution in [1.29, 1.82) is 0 Å². The van der Waals surface area contributed by atoms with Gasteiger partial charge in [-0.05, 0) is 38.2 Å². The first-order valence-corrected chi connectivity index (χ1v) is 12.6. The van der Waals surface area contributed by atoms with Gasteiger partial charge in [0.1, 0.15) is 12.7 Å². The highest BCUT2D eigenvalue weighted by Gasteiger charge is 2.56. The second-order valence-corrected chi connectivity index (χ2v) is 8.84. The molecule has 0 bridgehead atoms. The molecule has 15 nitrogen and oxygen atoms in total. The van der Waals surface area contributed by atoms with E-state index in [1.54, 1.807) is 4.90 Å². The molecule has 1 aliphatic carbocycles. The number of carbonyl (C=O) groups is 3. The summed E-state index contributed by atoms with van der Waals surface area (Å²) in [5.74, 6) is -1.12. The number of hydrogen-bond donors (Lipinski definition) is 1. The molecule has 0 heterocycles. The Morgan fingerprint density at radius 2 is 1.72 bits per heavy atom. The standard InChI is InChI=1S/C24H34N4O11/c1-4-26(5-2)23(30)22-19(21(22)17-10-7-6-8-11-17)14-25-24(31)38-16(3)37-20(29)13-9-12-18(39-28(34)35)15-36-27(32)33/h6-8,10-11,16,18-19,21-22H,4-5,9,12-15H2,1-3H3,(H,25,31)/t16?,18-,19-,21?,22-/m0/s1. The number of amides is 2. The minimum atomic E-state index is -1.24. The van der Waals surface area contributed by atoms with Gasteiger partial charge in [0.2, 0.25) is 12.2 Å². The van der Waals surface area contributed by atoms with Gasteiger partial charge in [-0.3, -0.25) is 9.59 Å². The van der Waals surface area contributed by atoms with Gasteiger partial charge in [0.15, 0.2) is 0 Å². The highest BCUT2D eigenvalue weighted by Crippen LogP contribution is 2.54. The summed E-state index contributed by atoms with van der Waals surface area (Å²) in [5.41, 5.74) is 1.02. The van der Waals surface area contributed by atoms with Crippen molar-refractivity contribution in [3.8, 4) is 0 Å². The molecule has 1 fully saturated rings. The normalized spacial score (nSPS) is 19.1. The molecule has 0 saturated heterocycles. The number of nitrogens with one attached hydrogen (secondary N) is 1. The van der Waals surface area contributed by atoms with Gasteiger partial charge in [0.25, 0.3) is 10.2 Å². The maximum Gasteiger partial charge on any atom is 0.410 e. The number of rotatable bonds is 17. The molecule has 15 heteroatoms. The van der Waals surface area contributed by atoms with Crippen LogP contribution in [0.5, 0.6) is 0 Å². The summed E-state index contributed by atoms with van der Waals surface area (Å²) in [4.78, 5) is 68.2. The maximum atomic E-state index is 13.0. The molecule has 216 valence electrons. The van der Waals surface area contributed by atoms with Gasteiger partial charge < -0.3 is 29.4 Å². The van der Waals surface area contributed by atoms with Crippen molar-refractivity contribution in [2.24, 2.45) is 11.8 Å². The first-order chi connectivity index (χ1) is 18.6. The third kappa shape index (κ3) is 10.2. The van der Waals surface area contributed by atoms with Gasteiger partial charge in [-0.15, -0.1) is 20.2 Å². The van der Waals surface area contributed by atoms with Gasteiger partial charge in [-0.25, -0.2) is 4.79 Å². The molecule has 0 aromatic heterocycles. The van der Waals surface area contributed by atoms with E-state index in [-0.39, 0.29) is 49.5 Å². The first kappa shape index (κ1) is 31.1. The Morgan fingerprint density at radius 1 is 1.05 bits per heavy atom. The van der Waals surface area contributed by atoms with Crippen molar-refractivity contribution in [1.82, 2.24) is 10.2 Å². The largest absolute Gasteiger partial charge is 0.425 e. The highest BCUT2D eigenvalue weighted by atomic mass is 17.0. The second-order valence-electron chi connectivity index (χ2n) is 8.84.